The number of pyridine rings is 1. The quantitative estimate of drug-likeness (QED) is 0.343. The van der Waals surface area contributed by atoms with Crippen LogP contribution in [0.2, 0.25) is 0 Å². The lowest BCUT2D eigenvalue weighted by Crippen LogP contribution is -2.29. The van der Waals surface area contributed by atoms with Crippen LogP contribution in [0.1, 0.15) is 5.56 Å². The minimum absolute atomic E-state index is 0.0454. The molecule has 1 aromatic heterocycles. The topological polar surface area (TPSA) is 70.1 Å². The van der Waals surface area contributed by atoms with Gasteiger partial charge in [-0.3, -0.25) is 10.1 Å². The van der Waals surface area contributed by atoms with Gasteiger partial charge in [-0.05, 0) is 19.1 Å². The second-order valence-electron chi connectivity index (χ2n) is 3.68. The van der Waals surface area contributed by atoms with E-state index in [4.69, 9.17) is 0 Å². The van der Waals surface area contributed by atoms with Crippen molar-refractivity contribution in [1.29, 1.82) is 0 Å². The summed E-state index contributed by atoms with van der Waals surface area (Å²) in [5, 5.41) is 22.5. The first-order valence-corrected chi connectivity index (χ1v) is 5.03. The Balaban J connectivity index is 2.63. The molecule has 0 saturated carbocycles. The molecule has 0 bridgehead atoms. The number of benzene rings is 1. The van der Waals surface area contributed by atoms with Gasteiger partial charge >= 0.3 is 0 Å². The van der Waals surface area contributed by atoms with Crippen molar-refractivity contribution in [3.63, 3.8) is 0 Å². The van der Waals surface area contributed by atoms with Crippen molar-refractivity contribution >= 4 is 5.69 Å². The molecule has 0 fully saturated rings. The van der Waals surface area contributed by atoms with E-state index in [1.165, 1.54) is 12.3 Å². The normalized spacial score (nSPS) is 10.2. The van der Waals surface area contributed by atoms with Gasteiger partial charge < -0.3 is 5.21 Å². The molecule has 0 unspecified atom stereocenters. The summed E-state index contributed by atoms with van der Waals surface area (Å²) in [4.78, 5) is 10.3. The predicted molar refractivity (Wildman–Crippen MR) is 62.2 cm³/mol. The lowest BCUT2D eigenvalue weighted by molar-refractivity contribution is -0.594. The molecule has 0 amide bonds. The third-order valence-corrected chi connectivity index (χ3v) is 2.49. The molecule has 5 nitrogen and oxygen atoms in total. The van der Waals surface area contributed by atoms with Crippen LogP contribution >= 0.6 is 0 Å². The van der Waals surface area contributed by atoms with E-state index in [1.807, 2.05) is 6.07 Å². The van der Waals surface area contributed by atoms with Crippen LogP contribution in [0.15, 0.2) is 42.6 Å². The van der Waals surface area contributed by atoms with E-state index >= 15 is 0 Å². The summed E-state index contributed by atoms with van der Waals surface area (Å²) in [6.07, 6.45) is 1.22. The molecule has 1 heterocycles. The van der Waals surface area contributed by atoms with Crippen LogP contribution in [0.5, 0.6) is 0 Å². The van der Waals surface area contributed by atoms with Crippen LogP contribution < -0.4 is 4.73 Å². The molecule has 0 aliphatic carbocycles. The van der Waals surface area contributed by atoms with E-state index in [1.54, 1.807) is 31.2 Å². The number of nitro groups is 1. The Bertz CT molecular complexity index is 567. The molecule has 0 atom stereocenters. The number of aromatic nitrogens is 1. The first-order valence-electron chi connectivity index (χ1n) is 5.03. The van der Waals surface area contributed by atoms with Gasteiger partial charge in [0.25, 0.3) is 5.69 Å². The molecule has 0 aliphatic heterocycles. The summed E-state index contributed by atoms with van der Waals surface area (Å²) in [5.41, 5.74) is 1.24. The summed E-state index contributed by atoms with van der Waals surface area (Å²) >= 11 is 0. The Hall–Kier alpha value is -2.43. The van der Waals surface area contributed by atoms with E-state index in [9.17, 15) is 15.3 Å². The molecule has 0 aliphatic rings. The number of nitrogens with zero attached hydrogens (tertiary/aromatic N) is 2. The molecular weight excluding hydrogens is 220 g/mol. The molecule has 1 aromatic carbocycles. The summed E-state index contributed by atoms with van der Waals surface area (Å²) in [7, 11) is 0. The minimum Gasteiger partial charge on any atom is -0.618 e. The smallest absolute Gasteiger partial charge is 0.285 e. The minimum atomic E-state index is -0.484. The van der Waals surface area contributed by atoms with Gasteiger partial charge in [-0.25, -0.2) is 0 Å². The summed E-state index contributed by atoms with van der Waals surface area (Å²) in [5.74, 6) is 0. The van der Waals surface area contributed by atoms with E-state index in [2.05, 4.69) is 0 Å². The van der Waals surface area contributed by atoms with Crippen LogP contribution in [0, 0.1) is 22.2 Å². The average Bonchev–Trinajstić information content (AvgIpc) is 2.29. The van der Waals surface area contributed by atoms with Crippen LogP contribution in [-0.2, 0) is 0 Å². The third kappa shape index (κ3) is 2.08. The van der Waals surface area contributed by atoms with Crippen LogP contribution in [0.4, 0.5) is 5.69 Å². The molecule has 2 aromatic rings. The van der Waals surface area contributed by atoms with E-state index in [0.717, 1.165) is 0 Å². The lowest BCUT2D eigenvalue weighted by atomic mass is 10.1. The zero-order valence-corrected chi connectivity index (χ0v) is 9.16. The highest BCUT2D eigenvalue weighted by Crippen LogP contribution is 2.22. The second-order valence-corrected chi connectivity index (χ2v) is 3.68. The highest BCUT2D eigenvalue weighted by atomic mass is 16.6. The lowest BCUT2D eigenvalue weighted by Gasteiger charge is -2.05. The van der Waals surface area contributed by atoms with Crippen molar-refractivity contribution in [1.82, 2.24) is 0 Å². The van der Waals surface area contributed by atoms with Gasteiger partial charge in [-0.1, -0.05) is 18.2 Å². The molecule has 17 heavy (non-hydrogen) atoms. The monoisotopic (exact) mass is 230 g/mol. The molecule has 86 valence electrons. The van der Waals surface area contributed by atoms with Crippen molar-refractivity contribution in [2.75, 3.05) is 0 Å². The Kier molecular flexibility index (Phi) is 2.74. The third-order valence-electron chi connectivity index (χ3n) is 2.49. The van der Waals surface area contributed by atoms with E-state index in [0.29, 0.717) is 15.9 Å². The van der Waals surface area contributed by atoms with Gasteiger partial charge in [0.1, 0.15) is 0 Å². The maximum absolute atomic E-state index is 11.7. The fourth-order valence-corrected chi connectivity index (χ4v) is 1.63. The number of aryl methyl sites for hydroxylation is 1. The molecule has 0 N–H and O–H groups in total. The zero-order chi connectivity index (χ0) is 12.4. The SMILES string of the molecule is Cc1c[n+]([O-])c(-c2ccccc2)cc1[N+](=O)[O-]. The van der Waals surface area contributed by atoms with Gasteiger partial charge in [0.2, 0.25) is 5.69 Å². The summed E-state index contributed by atoms with van der Waals surface area (Å²) < 4.78 is 0.650. The Labute approximate surface area is 97.7 Å². The van der Waals surface area contributed by atoms with Crippen molar-refractivity contribution in [3.05, 3.63) is 63.5 Å². The van der Waals surface area contributed by atoms with Crippen molar-refractivity contribution < 1.29 is 9.65 Å². The van der Waals surface area contributed by atoms with Gasteiger partial charge in [0, 0.05) is 5.56 Å². The fraction of sp³-hybridized carbons (Fsp3) is 0.0833. The summed E-state index contributed by atoms with van der Waals surface area (Å²) in [6.45, 7) is 1.54. The standard InChI is InChI=1S/C12H10N2O3/c1-9-8-13(15)12(7-11(9)14(16)17)10-5-3-2-4-6-10/h2-8H,1H3. The Morgan fingerprint density at radius 1 is 1.24 bits per heavy atom. The van der Waals surface area contributed by atoms with Gasteiger partial charge in [0.05, 0.1) is 16.6 Å². The van der Waals surface area contributed by atoms with Crippen LogP contribution in [0.25, 0.3) is 11.3 Å². The molecule has 0 spiro atoms. The second kappa shape index (κ2) is 4.21. The number of hydrogen-bond acceptors (Lipinski definition) is 3. The predicted octanol–water partition coefficient (Wildman–Crippen LogP) is 2.20. The number of hydrogen-bond donors (Lipinski definition) is 0. The first-order chi connectivity index (χ1) is 8.09. The number of rotatable bonds is 2. The molecule has 0 radical (unpaired) electrons. The maximum atomic E-state index is 11.7. The summed E-state index contributed by atoms with van der Waals surface area (Å²) in [6, 6.07) is 10.2. The van der Waals surface area contributed by atoms with Crippen LogP contribution in [0.3, 0.4) is 0 Å². The highest BCUT2D eigenvalue weighted by Gasteiger charge is 2.19. The molecular formula is C12H10N2O3. The van der Waals surface area contributed by atoms with Crippen molar-refractivity contribution in [3.8, 4) is 11.3 Å². The zero-order valence-electron chi connectivity index (χ0n) is 9.16. The van der Waals surface area contributed by atoms with Crippen LogP contribution in [-0.4, -0.2) is 4.92 Å². The van der Waals surface area contributed by atoms with Gasteiger partial charge in [-0.2, -0.15) is 4.73 Å². The molecule has 5 heteroatoms. The van der Waals surface area contributed by atoms with Gasteiger partial charge in [0.15, 0.2) is 6.20 Å². The largest absolute Gasteiger partial charge is 0.618 e. The van der Waals surface area contributed by atoms with Crippen molar-refractivity contribution in [2.24, 2.45) is 0 Å². The van der Waals surface area contributed by atoms with Crippen molar-refractivity contribution in [2.45, 2.75) is 6.92 Å². The fourth-order valence-electron chi connectivity index (χ4n) is 1.63. The first kappa shape index (κ1) is 11.1. The van der Waals surface area contributed by atoms with Gasteiger partial charge in [-0.15, -0.1) is 0 Å². The average molecular weight is 230 g/mol. The Morgan fingerprint density at radius 3 is 2.47 bits per heavy atom. The maximum Gasteiger partial charge on any atom is 0.285 e. The van der Waals surface area contributed by atoms with E-state index < -0.39 is 4.92 Å². The Morgan fingerprint density at radius 2 is 1.88 bits per heavy atom. The van der Waals surface area contributed by atoms with E-state index in [-0.39, 0.29) is 11.4 Å². The molecule has 2 rings (SSSR count). The highest BCUT2D eigenvalue weighted by molar-refractivity contribution is 5.59. The molecule has 0 saturated heterocycles.